The highest BCUT2D eigenvalue weighted by molar-refractivity contribution is 5.85. The first-order valence-electron chi connectivity index (χ1n) is 9.95. The number of pyridine rings is 1. The molecule has 0 aliphatic carbocycles. The second-order valence-electron chi connectivity index (χ2n) is 7.46. The minimum Gasteiger partial charge on any atom is -0.497 e. The number of aromatic nitrogens is 1. The SMILES string of the molecule is COc1ccc(OCc2ccccn2)c(CN2C[C@@H](N)[C@H](c3ccccc3)C2)c1.Cl. The van der Waals surface area contributed by atoms with Crippen LogP contribution in [-0.2, 0) is 13.2 Å². The molecule has 5 nitrogen and oxygen atoms in total. The first kappa shape index (κ1) is 22.1. The Bertz CT molecular complexity index is 924. The number of ether oxygens (including phenoxy) is 2. The molecule has 0 radical (unpaired) electrons. The van der Waals surface area contributed by atoms with E-state index in [1.54, 1.807) is 13.3 Å². The Morgan fingerprint density at radius 1 is 1.03 bits per heavy atom. The number of likely N-dealkylation sites (tertiary alicyclic amines) is 1. The maximum atomic E-state index is 6.48. The molecule has 0 bridgehead atoms. The lowest BCUT2D eigenvalue weighted by molar-refractivity contribution is 0.279. The van der Waals surface area contributed by atoms with Crippen LogP contribution in [0.25, 0.3) is 0 Å². The molecule has 2 aromatic carbocycles. The second-order valence-corrected chi connectivity index (χ2v) is 7.46. The molecule has 1 saturated heterocycles. The van der Waals surface area contributed by atoms with Crippen LogP contribution in [0.2, 0.25) is 0 Å². The number of methoxy groups -OCH3 is 1. The zero-order valence-corrected chi connectivity index (χ0v) is 17.9. The van der Waals surface area contributed by atoms with E-state index >= 15 is 0 Å². The summed E-state index contributed by atoms with van der Waals surface area (Å²) < 4.78 is 11.5. The number of halogens is 1. The van der Waals surface area contributed by atoms with Gasteiger partial charge < -0.3 is 15.2 Å². The van der Waals surface area contributed by atoms with Crippen LogP contribution in [0.4, 0.5) is 0 Å². The van der Waals surface area contributed by atoms with Gasteiger partial charge in [0.1, 0.15) is 18.1 Å². The zero-order valence-electron chi connectivity index (χ0n) is 17.1. The second kappa shape index (κ2) is 10.4. The van der Waals surface area contributed by atoms with Crippen molar-refractivity contribution in [3.63, 3.8) is 0 Å². The molecule has 2 atom stereocenters. The van der Waals surface area contributed by atoms with E-state index in [0.717, 1.165) is 42.4 Å². The molecule has 30 heavy (non-hydrogen) atoms. The lowest BCUT2D eigenvalue weighted by Crippen LogP contribution is -2.28. The summed E-state index contributed by atoms with van der Waals surface area (Å²) in [5.41, 5.74) is 9.79. The Balaban J connectivity index is 0.00000256. The van der Waals surface area contributed by atoms with Gasteiger partial charge in [-0.15, -0.1) is 12.4 Å². The van der Waals surface area contributed by atoms with Crippen molar-refractivity contribution in [1.29, 1.82) is 0 Å². The van der Waals surface area contributed by atoms with Crippen LogP contribution < -0.4 is 15.2 Å². The van der Waals surface area contributed by atoms with E-state index in [1.807, 2.05) is 36.4 Å². The molecular formula is C24H28ClN3O2. The van der Waals surface area contributed by atoms with Crippen LogP contribution >= 0.6 is 12.4 Å². The number of nitrogens with two attached hydrogens (primary N) is 1. The minimum absolute atomic E-state index is 0. The van der Waals surface area contributed by atoms with Crippen LogP contribution in [0, 0.1) is 0 Å². The van der Waals surface area contributed by atoms with E-state index in [0.29, 0.717) is 12.5 Å². The number of rotatable bonds is 7. The van der Waals surface area contributed by atoms with Crippen LogP contribution in [0.3, 0.4) is 0 Å². The van der Waals surface area contributed by atoms with Crippen LogP contribution in [0.15, 0.2) is 72.9 Å². The molecule has 6 heteroatoms. The van der Waals surface area contributed by atoms with Gasteiger partial charge in [-0.3, -0.25) is 9.88 Å². The van der Waals surface area contributed by atoms with Gasteiger partial charge in [-0.05, 0) is 35.9 Å². The van der Waals surface area contributed by atoms with E-state index in [2.05, 4.69) is 40.2 Å². The molecule has 1 fully saturated rings. The average molecular weight is 426 g/mol. The molecule has 3 aromatic rings. The number of hydrogen-bond donors (Lipinski definition) is 1. The van der Waals surface area contributed by atoms with Gasteiger partial charge >= 0.3 is 0 Å². The summed E-state index contributed by atoms with van der Waals surface area (Å²) in [5, 5.41) is 0. The fourth-order valence-electron chi connectivity index (χ4n) is 3.92. The van der Waals surface area contributed by atoms with Gasteiger partial charge in [0.2, 0.25) is 0 Å². The van der Waals surface area contributed by atoms with Gasteiger partial charge in [-0.25, -0.2) is 0 Å². The van der Waals surface area contributed by atoms with E-state index in [-0.39, 0.29) is 18.4 Å². The normalized spacial score (nSPS) is 18.6. The third-order valence-electron chi connectivity index (χ3n) is 5.43. The van der Waals surface area contributed by atoms with Crippen molar-refractivity contribution in [2.24, 2.45) is 5.73 Å². The van der Waals surface area contributed by atoms with Gasteiger partial charge in [0.25, 0.3) is 0 Å². The monoisotopic (exact) mass is 425 g/mol. The van der Waals surface area contributed by atoms with Crippen molar-refractivity contribution >= 4 is 12.4 Å². The molecule has 0 saturated carbocycles. The van der Waals surface area contributed by atoms with Crippen LogP contribution in [-0.4, -0.2) is 36.1 Å². The molecule has 0 amide bonds. The average Bonchev–Trinajstić information content (AvgIpc) is 3.14. The largest absolute Gasteiger partial charge is 0.497 e. The van der Waals surface area contributed by atoms with Crippen LogP contribution in [0.1, 0.15) is 22.7 Å². The Kier molecular flexibility index (Phi) is 7.69. The smallest absolute Gasteiger partial charge is 0.130 e. The maximum absolute atomic E-state index is 6.48. The predicted octanol–water partition coefficient (Wildman–Crippen LogP) is 4.02. The van der Waals surface area contributed by atoms with Gasteiger partial charge in [-0.1, -0.05) is 36.4 Å². The molecule has 4 rings (SSSR count). The first-order chi connectivity index (χ1) is 14.2. The molecule has 2 heterocycles. The minimum atomic E-state index is 0. The zero-order chi connectivity index (χ0) is 20.1. The van der Waals surface area contributed by atoms with Gasteiger partial charge in [0.15, 0.2) is 0 Å². The molecule has 0 unspecified atom stereocenters. The highest BCUT2D eigenvalue weighted by Crippen LogP contribution is 2.31. The number of benzene rings is 2. The Morgan fingerprint density at radius 3 is 2.57 bits per heavy atom. The van der Waals surface area contributed by atoms with Crippen molar-refractivity contribution in [3.05, 3.63) is 89.7 Å². The summed E-state index contributed by atoms with van der Waals surface area (Å²) in [6, 6.07) is 22.5. The Hall–Kier alpha value is -2.60. The van der Waals surface area contributed by atoms with Gasteiger partial charge in [0.05, 0.1) is 12.8 Å². The quantitative estimate of drug-likeness (QED) is 0.619. The third-order valence-corrected chi connectivity index (χ3v) is 5.43. The predicted molar refractivity (Wildman–Crippen MR) is 121 cm³/mol. The standard InChI is InChI=1S/C24H27N3O2.ClH/c1-28-21-10-11-24(29-17-20-9-5-6-12-26-20)19(13-21)14-27-15-22(23(25)16-27)18-7-3-2-4-8-18;/h2-13,22-23H,14-17,25H2,1H3;1H/t22-,23+;/m0./s1. The third kappa shape index (κ3) is 5.30. The highest BCUT2D eigenvalue weighted by Gasteiger charge is 2.31. The summed E-state index contributed by atoms with van der Waals surface area (Å²) in [5.74, 6) is 2.03. The fourth-order valence-corrected chi connectivity index (χ4v) is 3.92. The summed E-state index contributed by atoms with van der Waals surface area (Å²) in [7, 11) is 1.69. The summed E-state index contributed by atoms with van der Waals surface area (Å²) in [6.07, 6.45) is 1.78. The van der Waals surface area contributed by atoms with E-state index in [4.69, 9.17) is 15.2 Å². The van der Waals surface area contributed by atoms with Crippen LogP contribution in [0.5, 0.6) is 11.5 Å². The van der Waals surface area contributed by atoms with Crippen molar-refractivity contribution in [1.82, 2.24) is 9.88 Å². The van der Waals surface area contributed by atoms with E-state index in [9.17, 15) is 0 Å². The van der Waals surface area contributed by atoms with Crippen molar-refractivity contribution in [3.8, 4) is 11.5 Å². The lowest BCUT2D eigenvalue weighted by Gasteiger charge is -2.19. The molecule has 1 aliphatic rings. The maximum Gasteiger partial charge on any atom is 0.130 e. The molecule has 0 spiro atoms. The fraction of sp³-hybridized carbons (Fsp3) is 0.292. The van der Waals surface area contributed by atoms with E-state index < -0.39 is 0 Å². The molecule has 1 aliphatic heterocycles. The molecule has 158 valence electrons. The summed E-state index contributed by atoms with van der Waals surface area (Å²) >= 11 is 0. The summed E-state index contributed by atoms with van der Waals surface area (Å²) in [6.45, 7) is 3.00. The van der Waals surface area contributed by atoms with Gasteiger partial charge in [-0.2, -0.15) is 0 Å². The Labute approximate surface area is 184 Å². The highest BCUT2D eigenvalue weighted by atomic mass is 35.5. The Morgan fingerprint density at radius 2 is 1.83 bits per heavy atom. The topological polar surface area (TPSA) is 60.6 Å². The van der Waals surface area contributed by atoms with Crippen molar-refractivity contribution in [2.75, 3.05) is 20.2 Å². The van der Waals surface area contributed by atoms with E-state index in [1.165, 1.54) is 5.56 Å². The number of hydrogen-bond acceptors (Lipinski definition) is 5. The van der Waals surface area contributed by atoms with Gasteiger partial charge in [0, 0.05) is 43.4 Å². The van der Waals surface area contributed by atoms with Crippen molar-refractivity contribution < 1.29 is 9.47 Å². The lowest BCUT2D eigenvalue weighted by atomic mass is 9.95. The van der Waals surface area contributed by atoms with Crippen molar-refractivity contribution in [2.45, 2.75) is 25.1 Å². The molecule has 2 N–H and O–H groups in total. The molecular weight excluding hydrogens is 398 g/mol. The summed E-state index contributed by atoms with van der Waals surface area (Å²) in [4.78, 5) is 6.73. The first-order valence-corrected chi connectivity index (χ1v) is 9.95. The number of nitrogens with zero attached hydrogens (tertiary/aromatic N) is 2. The molecule has 1 aromatic heterocycles.